The van der Waals surface area contributed by atoms with Gasteiger partial charge in [-0.3, -0.25) is 0 Å². The van der Waals surface area contributed by atoms with Gasteiger partial charge in [0.15, 0.2) is 0 Å². The maximum absolute atomic E-state index is 3.55. The van der Waals surface area contributed by atoms with Crippen molar-refractivity contribution < 1.29 is 0 Å². The molecule has 0 saturated heterocycles. The van der Waals surface area contributed by atoms with Crippen LogP contribution in [-0.4, -0.2) is 30.8 Å². The molecular formula is C2H4AsN3. The minimum absolute atomic E-state index is 1.48. The molecule has 1 unspecified atom stereocenters. The van der Waals surface area contributed by atoms with Crippen LogP contribution in [0.1, 0.15) is 0 Å². The molecule has 4 heteroatoms. The first-order chi connectivity index (χ1) is 2.89. The van der Waals surface area contributed by atoms with Gasteiger partial charge in [0.2, 0.25) is 0 Å². The Bertz CT molecular complexity index is 112. The first kappa shape index (κ1) is 3.87. The van der Waals surface area contributed by atoms with Gasteiger partial charge in [0.05, 0.1) is 0 Å². The first-order valence-electron chi connectivity index (χ1n) is 1.49. The third kappa shape index (κ3) is 0.600. The SMILES string of the molecule is [AsH2]n1cnnc1. The van der Waals surface area contributed by atoms with Crippen LogP contribution in [-0.2, 0) is 0 Å². The van der Waals surface area contributed by atoms with Crippen molar-refractivity contribution in [3.05, 3.63) is 12.7 Å². The molecular weight excluding hydrogens is 141 g/mol. The zero-order valence-corrected chi connectivity index (χ0v) is 5.50. The van der Waals surface area contributed by atoms with E-state index in [2.05, 4.69) is 10.2 Å². The van der Waals surface area contributed by atoms with Crippen molar-refractivity contribution in [3.63, 3.8) is 0 Å². The molecule has 0 radical (unpaired) electrons. The van der Waals surface area contributed by atoms with E-state index in [1.54, 1.807) is 12.7 Å². The standard InChI is InChI=1S/C2H4AsN3/c3-6-1-4-5-2-6/h1-2H,3H2. The first-order valence-corrected chi connectivity index (χ1v) is 2.57. The number of hydrogen-bond acceptors (Lipinski definition) is 2. The van der Waals surface area contributed by atoms with E-state index in [9.17, 15) is 0 Å². The molecule has 0 aliphatic carbocycles. The van der Waals surface area contributed by atoms with Crippen molar-refractivity contribution in [1.29, 1.82) is 0 Å². The molecule has 0 aliphatic heterocycles. The molecule has 1 heterocycles. The fraction of sp³-hybridized carbons (Fsp3) is 0. The summed E-state index contributed by atoms with van der Waals surface area (Å²) in [5.74, 6) is 0. The minimum atomic E-state index is 1.48. The molecule has 1 aromatic rings. The third-order valence-electron chi connectivity index (χ3n) is 0.437. The van der Waals surface area contributed by atoms with Crippen LogP contribution >= 0.6 is 0 Å². The summed E-state index contributed by atoms with van der Waals surface area (Å²) in [6.45, 7) is 0. The van der Waals surface area contributed by atoms with Crippen LogP contribution < -0.4 is 0 Å². The molecule has 32 valence electrons. The van der Waals surface area contributed by atoms with Crippen molar-refractivity contribution in [2.24, 2.45) is 0 Å². The molecule has 0 saturated carbocycles. The van der Waals surface area contributed by atoms with Crippen LogP contribution in [0.4, 0.5) is 0 Å². The Kier molecular flexibility index (Phi) is 0.925. The molecule has 0 fully saturated rings. The predicted molar refractivity (Wildman–Crippen MR) is 24.0 cm³/mol. The van der Waals surface area contributed by atoms with Crippen LogP contribution in [0, 0.1) is 0 Å². The van der Waals surface area contributed by atoms with Crippen LogP contribution in [0.25, 0.3) is 0 Å². The fourth-order valence-corrected chi connectivity index (χ4v) is 0.459. The summed E-state index contributed by atoms with van der Waals surface area (Å²) in [7, 11) is 0. The van der Waals surface area contributed by atoms with Gasteiger partial charge < -0.3 is 0 Å². The Morgan fingerprint density at radius 3 is 2.00 bits per heavy atom. The van der Waals surface area contributed by atoms with Gasteiger partial charge in [-0.05, 0) is 0 Å². The van der Waals surface area contributed by atoms with Crippen molar-refractivity contribution in [3.8, 4) is 0 Å². The second kappa shape index (κ2) is 1.43. The third-order valence-corrected chi connectivity index (χ3v) is 0.996. The molecule has 0 spiro atoms. The Morgan fingerprint density at radius 2 is 1.83 bits per heavy atom. The molecule has 1 aromatic heterocycles. The average Bonchev–Trinajstić information content (AvgIpc) is 1.86. The second-order valence-electron chi connectivity index (χ2n) is 0.909. The Labute approximate surface area is 44.1 Å². The van der Waals surface area contributed by atoms with Crippen molar-refractivity contribution in [1.82, 2.24) is 13.7 Å². The van der Waals surface area contributed by atoms with Gasteiger partial charge in [-0.25, -0.2) is 0 Å². The van der Waals surface area contributed by atoms with Gasteiger partial charge in [-0.1, -0.05) is 0 Å². The number of nitrogens with zero attached hydrogens (tertiary/aromatic N) is 3. The van der Waals surface area contributed by atoms with E-state index >= 15 is 0 Å². The molecule has 0 bridgehead atoms. The Balaban J connectivity index is 3.05. The summed E-state index contributed by atoms with van der Waals surface area (Å²) in [6, 6.07) is 0. The molecule has 3 nitrogen and oxygen atoms in total. The topological polar surface area (TPSA) is 30.7 Å². The van der Waals surface area contributed by atoms with E-state index in [4.69, 9.17) is 0 Å². The van der Waals surface area contributed by atoms with Crippen molar-refractivity contribution >= 4 is 17.1 Å². The Morgan fingerprint density at radius 1 is 1.33 bits per heavy atom. The molecule has 0 aromatic carbocycles. The van der Waals surface area contributed by atoms with Crippen LogP contribution in [0.15, 0.2) is 12.7 Å². The quantitative estimate of drug-likeness (QED) is 0.423. The van der Waals surface area contributed by atoms with E-state index < -0.39 is 0 Å². The summed E-state index contributed by atoms with van der Waals surface area (Å²) in [5.41, 5.74) is 0. The monoisotopic (exact) mass is 145 g/mol. The van der Waals surface area contributed by atoms with Gasteiger partial charge in [0.25, 0.3) is 0 Å². The van der Waals surface area contributed by atoms with E-state index in [1.807, 2.05) is 3.48 Å². The van der Waals surface area contributed by atoms with Gasteiger partial charge in [0.1, 0.15) is 0 Å². The summed E-state index contributed by atoms with van der Waals surface area (Å²) in [6.07, 6.45) is 3.33. The van der Waals surface area contributed by atoms with Gasteiger partial charge in [0, 0.05) is 0 Å². The zero-order valence-electron chi connectivity index (χ0n) is 3.07. The molecule has 0 aliphatic rings. The fourth-order valence-electron chi connectivity index (χ4n) is 0.209. The van der Waals surface area contributed by atoms with Crippen LogP contribution in [0.2, 0.25) is 0 Å². The number of hydrogen-bond donors (Lipinski definition) is 0. The van der Waals surface area contributed by atoms with Crippen LogP contribution in [0.3, 0.4) is 0 Å². The zero-order chi connectivity index (χ0) is 4.41. The molecule has 6 heavy (non-hydrogen) atoms. The molecule has 0 amide bonds. The average molecular weight is 145 g/mol. The molecule has 0 N–H and O–H groups in total. The number of aromatic nitrogens is 3. The predicted octanol–water partition coefficient (Wildman–Crippen LogP) is -1.33. The van der Waals surface area contributed by atoms with E-state index in [0.717, 1.165) is 0 Å². The van der Waals surface area contributed by atoms with E-state index in [0.29, 0.717) is 0 Å². The van der Waals surface area contributed by atoms with E-state index in [1.165, 1.54) is 17.1 Å². The normalized spacial score (nSPS) is 8.83. The van der Waals surface area contributed by atoms with Crippen LogP contribution in [0.5, 0.6) is 0 Å². The summed E-state index contributed by atoms with van der Waals surface area (Å²) in [4.78, 5) is 0. The summed E-state index contributed by atoms with van der Waals surface area (Å²) >= 11 is 1.48. The molecule has 1 rings (SSSR count). The van der Waals surface area contributed by atoms with Gasteiger partial charge in [-0.15, -0.1) is 0 Å². The summed E-state index contributed by atoms with van der Waals surface area (Å²) in [5, 5.41) is 7.10. The van der Waals surface area contributed by atoms with Crippen molar-refractivity contribution in [2.75, 3.05) is 0 Å². The van der Waals surface area contributed by atoms with E-state index in [-0.39, 0.29) is 0 Å². The number of rotatable bonds is 0. The molecule has 1 atom stereocenters. The van der Waals surface area contributed by atoms with Crippen molar-refractivity contribution in [2.45, 2.75) is 0 Å². The van der Waals surface area contributed by atoms with Gasteiger partial charge in [-0.2, -0.15) is 0 Å². The summed E-state index contributed by atoms with van der Waals surface area (Å²) < 4.78 is 1.84. The Hall–Kier alpha value is -0.302. The van der Waals surface area contributed by atoms with Gasteiger partial charge >= 0.3 is 43.4 Å². The second-order valence-corrected chi connectivity index (χ2v) is 2.16. The maximum atomic E-state index is 3.55.